The number of hydrogen-bond donors (Lipinski definition) is 0. The van der Waals surface area contributed by atoms with Gasteiger partial charge in [-0.3, -0.25) is 9.48 Å². The summed E-state index contributed by atoms with van der Waals surface area (Å²) in [5, 5.41) is 4.15. The van der Waals surface area contributed by atoms with Gasteiger partial charge in [-0.15, -0.1) is 0 Å². The van der Waals surface area contributed by atoms with Crippen LogP contribution in [0.15, 0.2) is 12.3 Å². The van der Waals surface area contributed by atoms with Crippen molar-refractivity contribution in [2.45, 2.75) is 51.4 Å². The lowest BCUT2D eigenvalue weighted by Gasteiger charge is -2.34. The van der Waals surface area contributed by atoms with Gasteiger partial charge in [-0.1, -0.05) is 0 Å². The minimum atomic E-state index is 0.0553. The molecule has 2 aromatic heterocycles. The third-order valence-electron chi connectivity index (χ3n) is 6.65. The van der Waals surface area contributed by atoms with Crippen molar-refractivity contribution in [3.8, 4) is 0 Å². The van der Waals surface area contributed by atoms with E-state index in [1.807, 2.05) is 11.9 Å². The number of aryl methyl sites for hydroxylation is 2. The van der Waals surface area contributed by atoms with Crippen molar-refractivity contribution in [1.29, 1.82) is 0 Å². The molecule has 7 heteroatoms. The summed E-state index contributed by atoms with van der Waals surface area (Å²) in [7, 11) is 1.82. The number of carbonyl (C=O) groups is 1. The van der Waals surface area contributed by atoms with Crippen LogP contribution in [0.3, 0.4) is 0 Å². The van der Waals surface area contributed by atoms with E-state index in [2.05, 4.69) is 16.9 Å². The molecule has 2 aliphatic heterocycles. The molecule has 0 radical (unpaired) electrons. The Hall–Kier alpha value is -2.44. The number of hydrogen-bond acceptors (Lipinski definition) is 5. The maximum atomic E-state index is 13.0. The predicted molar refractivity (Wildman–Crippen MR) is 111 cm³/mol. The normalized spacial score (nSPS) is 21.9. The van der Waals surface area contributed by atoms with Crippen molar-refractivity contribution < 1.29 is 4.79 Å². The first-order chi connectivity index (χ1) is 14.1. The fourth-order valence-electron chi connectivity index (χ4n) is 4.80. The molecule has 2 fully saturated rings. The molecule has 0 aromatic carbocycles. The monoisotopic (exact) mass is 394 g/mol. The highest BCUT2D eigenvalue weighted by atomic mass is 16.2. The molecule has 1 atom stereocenters. The molecular formula is C22H30N6O. The smallest absolute Gasteiger partial charge is 0.272 e. The highest BCUT2D eigenvalue weighted by Gasteiger charge is 2.32. The standard InChI is InChI=1S/C22H30N6O/c1-15-18-6-4-11-27(13-16-7-8-16)21(18)25-20(24-15)17-5-3-12-28(14-17)22(29)19-9-10-23-26(19)2/h9-10,16-17H,3-8,11-14H2,1-2H3. The quantitative estimate of drug-likeness (QED) is 0.798. The number of aromatic nitrogens is 4. The van der Waals surface area contributed by atoms with Gasteiger partial charge in [0.1, 0.15) is 17.3 Å². The summed E-state index contributed by atoms with van der Waals surface area (Å²) in [5.74, 6) is 3.20. The van der Waals surface area contributed by atoms with Crippen molar-refractivity contribution >= 4 is 11.7 Å². The van der Waals surface area contributed by atoms with E-state index in [4.69, 9.17) is 9.97 Å². The second kappa shape index (κ2) is 7.43. The van der Waals surface area contributed by atoms with Crippen molar-refractivity contribution in [3.05, 3.63) is 35.0 Å². The number of nitrogens with zero attached hydrogens (tertiary/aromatic N) is 6. The van der Waals surface area contributed by atoms with Gasteiger partial charge < -0.3 is 9.80 Å². The van der Waals surface area contributed by atoms with Crippen LogP contribution in [0.5, 0.6) is 0 Å². The fraction of sp³-hybridized carbons (Fsp3) is 0.636. The number of fused-ring (bicyclic) bond motifs is 1. The Morgan fingerprint density at radius 3 is 2.79 bits per heavy atom. The highest BCUT2D eigenvalue weighted by molar-refractivity contribution is 5.92. The van der Waals surface area contributed by atoms with Crippen LogP contribution in [0.25, 0.3) is 0 Å². The number of piperidine rings is 1. The number of anilines is 1. The molecular weight excluding hydrogens is 364 g/mol. The molecule has 0 bridgehead atoms. The molecule has 154 valence electrons. The van der Waals surface area contributed by atoms with Crippen molar-refractivity contribution in [2.24, 2.45) is 13.0 Å². The average Bonchev–Trinajstić information content (AvgIpc) is 3.45. The summed E-state index contributed by atoms with van der Waals surface area (Å²) in [5.41, 5.74) is 3.10. The van der Waals surface area contributed by atoms with Crippen LogP contribution < -0.4 is 4.90 Å². The zero-order valence-corrected chi connectivity index (χ0v) is 17.5. The van der Waals surface area contributed by atoms with Gasteiger partial charge in [0.15, 0.2) is 0 Å². The van der Waals surface area contributed by atoms with Gasteiger partial charge in [-0.05, 0) is 57.4 Å². The Balaban J connectivity index is 1.39. The Morgan fingerprint density at radius 1 is 1.17 bits per heavy atom. The first-order valence-electron chi connectivity index (χ1n) is 11.0. The predicted octanol–water partition coefficient (Wildman–Crippen LogP) is 2.70. The Morgan fingerprint density at radius 2 is 2.03 bits per heavy atom. The first-order valence-corrected chi connectivity index (χ1v) is 11.0. The molecule has 1 unspecified atom stereocenters. The van der Waals surface area contributed by atoms with E-state index in [0.29, 0.717) is 12.2 Å². The largest absolute Gasteiger partial charge is 0.356 e. The molecule has 1 saturated carbocycles. The van der Waals surface area contributed by atoms with E-state index >= 15 is 0 Å². The summed E-state index contributed by atoms with van der Waals surface area (Å²) in [6.45, 7) is 5.85. The molecule has 4 heterocycles. The summed E-state index contributed by atoms with van der Waals surface area (Å²) in [4.78, 5) is 27.4. The number of likely N-dealkylation sites (tertiary alicyclic amines) is 1. The molecule has 2 aromatic rings. The minimum absolute atomic E-state index is 0.0553. The SMILES string of the molecule is Cc1nc(C2CCCN(C(=O)c3ccnn3C)C2)nc2c1CCCN2CC1CC1. The van der Waals surface area contributed by atoms with Gasteiger partial charge >= 0.3 is 0 Å². The van der Waals surface area contributed by atoms with E-state index in [1.165, 1.54) is 30.6 Å². The van der Waals surface area contributed by atoms with E-state index in [0.717, 1.165) is 56.3 Å². The van der Waals surface area contributed by atoms with E-state index in [-0.39, 0.29) is 11.8 Å². The maximum Gasteiger partial charge on any atom is 0.272 e. The molecule has 5 rings (SSSR count). The van der Waals surface area contributed by atoms with Crippen LogP contribution >= 0.6 is 0 Å². The Kier molecular flexibility index (Phi) is 4.76. The van der Waals surface area contributed by atoms with E-state index in [9.17, 15) is 4.79 Å². The third kappa shape index (κ3) is 3.63. The highest BCUT2D eigenvalue weighted by Crippen LogP contribution is 2.36. The second-order valence-corrected chi connectivity index (χ2v) is 8.89. The summed E-state index contributed by atoms with van der Waals surface area (Å²) < 4.78 is 1.65. The Labute approximate surface area is 172 Å². The van der Waals surface area contributed by atoms with Crippen LogP contribution in [-0.4, -0.2) is 56.7 Å². The minimum Gasteiger partial charge on any atom is -0.356 e. The van der Waals surface area contributed by atoms with Crippen molar-refractivity contribution in [3.63, 3.8) is 0 Å². The van der Waals surface area contributed by atoms with Crippen molar-refractivity contribution in [1.82, 2.24) is 24.6 Å². The van der Waals surface area contributed by atoms with Crippen LogP contribution in [0, 0.1) is 12.8 Å². The lowest BCUT2D eigenvalue weighted by molar-refractivity contribution is 0.0693. The molecule has 0 N–H and O–H groups in total. The zero-order chi connectivity index (χ0) is 20.0. The third-order valence-corrected chi connectivity index (χ3v) is 6.65. The van der Waals surface area contributed by atoms with Crippen LogP contribution in [0.1, 0.15) is 65.6 Å². The lowest BCUT2D eigenvalue weighted by atomic mass is 9.95. The number of amides is 1. The number of carbonyl (C=O) groups excluding carboxylic acids is 1. The summed E-state index contributed by atoms with van der Waals surface area (Å²) in [6, 6.07) is 1.79. The topological polar surface area (TPSA) is 67.2 Å². The molecule has 1 aliphatic carbocycles. The molecule has 1 saturated heterocycles. The van der Waals surface area contributed by atoms with Gasteiger partial charge in [0, 0.05) is 56.6 Å². The van der Waals surface area contributed by atoms with Gasteiger partial charge in [0.2, 0.25) is 0 Å². The molecule has 3 aliphatic rings. The van der Waals surface area contributed by atoms with Gasteiger partial charge in [0.05, 0.1) is 0 Å². The average molecular weight is 395 g/mol. The van der Waals surface area contributed by atoms with Gasteiger partial charge in [-0.25, -0.2) is 9.97 Å². The fourth-order valence-corrected chi connectivity index (χ4v) is 4.80. The zero-order valence-electron chi connectivity index (χ0n) is 17.5. The van der Waals surface area contributed by atoms with E-state index < -0.39 is 0 Å². The number of rotatable bonds is 4. The molecule has 1 amide bonds. The van der Waals surface area contributed by atoms with E-state index in [1.54, 1.807) is 16.9 Å². The van der Waals surface area contributed by atoms with Crippen LogP contribution in [0.4, 0.5) is 5.82 Å². The Bertz CT molecular complexity index is 918. The second-order valence-electron chi connectivity index (χ2n) is 8.89. The lowest BCUT2D eigenvalue weighted by Crippen LogP contribution is -2.40. The van der Waals surface area contributed by atoms with Crippen molar-refractivity contribution in [2.75, 3.05) is 31.1 Å². The summed E-state index contributed by atoms with van der Waals surface area (Å²) >= 11 is 0. The molecule has 0 spiro atoms. The van der Waals surface area contributed by atoms with Gasteiger partial charge in [-0.2, -0.15) is 5.10 Å². The first kappa shape index (κ1) is 18.6. The van der Waals surface area contributed by atoms with Crippen LogP contribution in [-0.2, 0) is 13.5 Å². The molecule has 29 heavy (non-hydrogen) atoms. The van der Waals surface area contributed by atoms with Gasteiger partial charge in [0.25, 0.3) is 5.91 Å². The molecule has 7 nitrogen and oxygen atoms in total. The van der Waals surface area contributed by atoms with Crippen LogP contribution in [0.2, 0.25) is 0 Å². The summed E-state index contributed by atoms with van der Waals surface area (Å²) in [6.07, 6.45) is 8.69. The maximum absolute atomic E-state index is 13.0.